The minimum Gasteiger partial charge on any atom is -0.445 e. The number of hydrogen-bond donors (Lipinski definition) is 2. The Balaban J connectivity index is 1.43. The molecule has 1 aromatic carbocycles. The molecule has 2 amide bonds. The van der Waals surface area contributed by atoms with E-state index in [9.17, 15) is 9.59 Å². The summed E-state index contributed by atoms with van der Waals surface area (Å²) < 4.78 is 10.9. The number of thiazole rings is 1. The third-order valence-corrected chi connectivity index (χ3v) is 5.41. The van der Waals surface area contributed by atoms with Gasteiger partial charge in [0, 0.05) is 25.0 Å². The Bertz CT molecular complexity index is 835. The number of carbonyl (C=O) groups is 2. The van der Waals surface area contributed by atoms with Crippen LogP contribution in [0.25, 0.3) is 0 Å². The maximum absolute atomic E-state index is 12.4. The van der Waals surface area contributed by atoms with Gasteiger partial charge in [-0.2, -0.15) is 0 Å². The summed E-state index contributed by atoms with van der Waals surface area (Å²) in [6.07, 6.45) is -0.253. The monoisotopic (exact) mass is 432 g/mol. The number of nitrogens with zero attached hydrogens (tertiary/aromatic N) is 2. The molecular formula is C21H28N4O4S. The molecule has 2 heterocycles. The number of rotatable bonds is 7. The number of anilines is 1. The summed E-state index contributed by atoms with van der Waals surface area (Å²) in [5, 5.41) is 7.73. The maximum atomic E-state index is 12.4. The van der Waals surface area contributed by atoms with E-state index in [1.54, 1.807) is 6.92 Å². The minimum atomic E-state index is -0.749. The van der Waals surface area contributed by atoms with E-state index in [-0.39, 0.29) is 24.7 Å². The van der Waals surface area contributed by atoms with Crippen LogP contribution in [0.1, 0.15) is 32.0 Å². The summed E-state index contributed by atoms with van der Waals surface area (Å²) in [6, 6.07) is 8.61. The number of alkyl carbamates (subject to hydrolysis) is 1. The molecule has 162 valence electrons. The van der Waals surface area contributed by atoms with Gasteiger partial charge in [0.1, 0.15) is 12.6 Å². The number of hydrogen-bond acceptors (Lipinski definition) is 7. The van der Waals surface area contributed by atoms with Crippen LogP contribution in [-0.4, -0.2) is 53.2 Å². The zero-order valence-corrected chi connectivity index (χ0v) is 18.3. The molecule has 3 atom stereocenters. The molecule has 0 saturated carbocycles. The first-order valence-corrected chi connectivity index (χ1v) is 10.9. The Labute approximate surface area is 180 Å². The third-order valence-electron chi connectivity index (χ3n) is 4.60. The summed E-state index contributed by atoms with van der Waals surface area (Å²) in [7, 11) is 0. The van der Waals surface area contributed by atoms with Crippen molar-refractivity contribution >= 4 is 28.5 Å². The molecule has 2 aromatic rings. The number of carbonyl (C=O) groups excluding carboxylic acids is 2. The van der Waals surface area contributed by atoms with Crippen molar-refractivity contribution in [3.05, 3.63) is 47.0 Å². The number of ether oxygens (including phenoxy) is 2. The van der Waals surface area contributed by atoms with E-state index < -0.39 is 12.1 Å². The predicted octanol–water partition coefficient (Wildman–Crippen LogP) is 3.01. The van der Waals surface area contributed by atoms with E-state index in [1.165, 1.54) is 11.3 Å². The standard InChI is InChI=1S/C21H28N4O4S/c1-14-9-25(10-15(2)29-14)11-18-13-30-20(23-18)24-19(26)16(3)22-21(27)28-12-17-7-5-4-6-8-17/h4-8,13-16H,9-12H2,1-3H3,(H,22,27)(H,23,24,26)/t14-,15+,16-/m1/s1. The Hall–Kier alpha value is -2.49. The smallest absolute Gasteiger partial charge is 0.408 e. The SMILES string of the molecule is C[C@@H]1CN(Cc2csc(NC(=O)[C@@H](C)NC(=O)OCc3ccccc3)n2)C[C@H](C)O1. The highest BCUT2D eigenvalue weighted by atomic mass is 32.1. The molecule has 1 saturated heterocycles. The van der Waals surface area contributed by atoms with Crippen molar-refractivity contribution in [2.24, 2.45) is 0 Å². The van der Waals surface area contributed by atoms with Gasteiger partial charge in [-0.05, 0) is 26.3 Å². The fourth-order valence-electron chi connectivity index (χ4n) is 3.30. The molecule has 0 aliphatic carbocycles. The average molecular weight is 433 g/mol. The van der Waals surface area contributed by atoms with Gasteiger partial charge < -0.3 is 20.1 Å². The normalized spacial score (nSPS) is 20.4. The first-order valence-electron chi connectivity index (χ1n) is 9.99. The fraction of sp³-hybridized carbons (Fsp3) is 0.476. The van der Waals surface area contributed by atoms with Crippen molar-refractivity contribution in [3.8, 4) is 0 Å². The summed E-state index contributed by atoms with van der Waals surface area (Å²) in [5.41, 5.74) is 1.78. The molecule has 1 aliphatic heterocycles. The second-order valence-electron chi connectivity index (χ2n) is 7.51. The molecule has 1 fully saturated rings. The highest BCUT2D eigenvalue weighted by molar-refractivity contribution is 7.13. The van der Waals surface area contributed by atoms with Gasteiger partial charge in [-0.1, -0.05) is 30.3 Å². The van der Waals surface area contributed by atoms with Crippen molar-refractivity contribution in [2.45, 2.75) is 52.2 Å². The third kappa shape index (κ3) is 6.79. The van der Waals surface area contributed by atoms with E-state index in [2.05, 4.69) is 34.4 Å². The molecule has 1 aromatic heterocycles. The van der Waals surface area contributed by atoms with Gasteiger partial charge in [0.2, 0.25) is 5.91 Å². The van der Waals surface area contributed by atoms with E-state index in [1.807, 2.05) is 35.7 Å². The van der Waals surface area contributed by atoms with Crippen LogP contribution < -0.4 is 10.6 Å². The molecule has 0 spiro atoms. The maximum Gasteiger partial charge on any atom is 0.408 e. The van der Waals surface area contributed by atoms with Crippen LogP contribution in [0, 0.1) is 0 Å². The Morgan fingerprint density at radius 2 is 1.97 bits per heavy atom. The fourth-order valence-corrected chi connectivity index (χ4v) is 4.00. The van der Waals surface area contributed by atoms with Crippen molar-refractivity contribution in [1.29, 1.82) is 0 Å². The van der Waals surface area contributed by atoms with E-state index >= 15 is 0 Å². The number of benzene rings is 1. The lowest BCUT2D eigenvalue weighted by molar-refractivity contribution is -0.117. The van der Waals surface area contributed by atoms with Crippen molar-refractivity contribution in [1.82, 2.24) is 15.2 Å². The van der Waals surface area contributed by atoms with E-state index in [4.69, 9.17) is 9.47 Å². The average Bonchev–Trinajstić information content (AvgIpc) is 3.13. The second kappa shape index (κ2) is 10.5. The second-order valence-corrected chi connectivity index (χ2v) is 8.37. The quantitative estimate of drug-likeness (QED) is 0.699. The van der Waals surface area contributed by atoms with E-state index in [0.717, 1.165) is 24.3 Å². The van der Waals surface area contributed by atoms with Crippen LogP contribution in [-0.2, 0) is 27.4 Å². The molecule has 8 nitrogen and oxygen atoms in total. The summed E-state index contributed by atoms with van der Waals surface area (Å²) >= 11 is 1.37. The Morgan fingerprint density at radius 3 is 2.67 bits per heavy atom. The van der Waals surface area contributed by atoms with Crippen LogP contribution in [0.15, 0.2) is 35.7 Å². The van der Waals surface area contributed by atoms with Gasteiger partial charge >= 0.3 is 6.09 Å². The number of aromatic nitrogens is 1. The summed E-state index contributed by atoms with van der Waals surface area (Å²) in [6.45, 7) is 8.30. The topological polar surface area (TPSA) is 92.8 Å². The van der Waals surface area contributed by atoms with Crippen LogP contribution >= 0.6 is 11.3 Å². The van der Waals surface area contributed by atoms with Gasteiger partial charge in [-0.15, -0.1) is 11.3 Å². The number of morpholine rings is 1. The number of nitrogens with one attached hydrogen (secondary N) is 2. The van der Waals surface area contributed by atoms with Crippen molar-refractivity contribution in [2.75, 3.05) is 18.4 Å². The lowest BCUT2D eigenvalue weighted by Crippen LogP contribution is -2.44. The Morgan fingerprint density at radius 1 is 1.27 bits per heavy atom. The van der Waals surface area contributed by atoms with Crippen molar-refractivity contribution in [3.63, 3.8) is 0 Å². The molecule has 0 bridgehead atoms. The van der Waals surface area contributed by atoms with Crippen LogP contribution in [0.2, 0.25) is 0 Å². The minimum absolute atomic E-state index is 0.148. The van der Waals surface area contributed by atoms with Gasteiger partial charge in [-0.25, -0.2) is 9.78 Å². The molecule has 3 rings (SSSR count). The molecular weight excluding hydrogens is 404 g/mol. The molecule has 30 heavy (non-hydrogen) atoms. The largest absolute Gasteiger partial charge is 0.445 e. The van der Waals surface area contributed by atoms with E-state index in [0.29, 0.717) is 11.7 Å². The Kier molecular flexibility index (Phi) is 7.78. The van der Waals surface area contributed by atoms with Crippen LogP contribution in [0.4, 0.5) is 9.93 Å². The van der Waals surface area contributed by atoms with Gasteiger partial charge in [0.25, 0.3) is 0 Å². The lowest BCUT2D eigenvalue weighted by Gasteiger charge is -2.34. The predicted molar refractivity (Wildman–Crippen MR) is 115 cm³/mol. The number of amides is 2. The van der Waals surface area contributed by atoms with Crippen LogP contribution in [0.3, 0.4) is 0 Å². The highest BCUT2D eigenvalue weighted by Crippen LogP contribution is 2.19. The van der Waals surface area contributed by atoms with Gasteiger partial charge in [0.05, 0.1) is 17.9 Å². The van der Waals surface area contributed by atoms with Gasteiger partial charge in [-0.3, -0.25) is 9.69 Å². The molecule has 1 aliphatic rings. The highest BCUT2D eigenvalue weighted by Gasteiger charge is 2.23. The summed E-state index contributed by atoms with van der Waals surface area (Å²) in [5.74, 6) is -0.346. The molecule has 2 N–H and O–H groups in total. The first-order chi connectivity index (χ1) is 14.4. The van der Waals surface area contributed by atoms with Crippen molar-refractivity contribution < 1.29 is 19.1 Å². The van der Waals surface area contributed by atoms with Gasteiger partial charge in [0.15, 0.2) is 5.13 Å². The molecule has 9 heteroatoms. The lowest BCUT2D eigenvalue weighted by atomic mass is 10.2. The zero-order chi connectivity index (χ0) is 21.5. The van der Waals surface area contributed by atoms with Crippen LogP contribution in [0.5, 0.6) is 0 Å². The molecule has 0 radical (unpaired) electrons. The summed E-state index contributed by atoms with van der Waals surface area (Å²) in [4.78, 5) is 31.1. The first kappa shape index (κ1) is 22.2. The molecule has 0 unspecified atom stereocenters. The zero-order valence-electron chi connectivity index (χ0n) is 17.5.